The van der Waals surface area contributed by atoms with Crippen LogP contribution in [0.25, 0.3) is 11.1 Å². The second-order valence-electron chi connectivity index (χ2n) is 12.9. The lowest BCUT2D eigenvalue weighted by atomic mass is 9.65. The van der Waals surface area contributed by atoms with E-state index in [2.05, 4.69) is 11.1 Å². The first kappa shape index (κ1) is 30.7. The van der Waals surface area contributed by atoms with Crippen molar-refractivity contribution >= 4 is 11.8 Å². The molecule has 1 fully saturated rings. The van der Waals surface area contributed by atoms with Gasteiger partial charge < -0.3 is 40.0 Å². The summed E-state index contributed by atoms with van der Waals surface area (Å²) in [5, 5.41) is 30.8. The zero-order chi connectivity index (χ0) is 32.9. The van der Waals surface area contributed by atoms with Crippen LogP contribution in [0.1, 0.15) is 66.0 Å². The van der Waals surface area contributed by atoms with Gasteiger partial charge in [-0.2, -0.15) is 0 Å². The number of hydrogen-bond donors (Lipinski definition) is 4. The van der Waals surface area contributed by atoms with E-state index in [-0.39, 0.29) is 35.4 Å². The predicted molar refractivity (Wildman–Crippen MR) is 174 cm³/mol. The minimum absolute atomic E-state index is 0.0178. The zero-order valence-electron chi connectivity index (χ0n) is 26.4. The summed E-state index contributed by atoms with van der Waals surface area (Å²) in [5.41, 5.74) is 12.1. The van der Waals surface area contributed by atoms with Gasteiger partial charge in [-0.1, -0.05) is 24.3 Å². The number of nitrogen functional groups attached to an aromatic ring is 1. The number of ether oxygens (including phenoxy) is 4. The minimum Gasteiger partial charge on any atom is -0.508 e. The van der Waals surface area contributed by atoms with Crippen LogP contribution in [0, 0.1) is 5.92 Å². The summed E-state index contributed by atoms with van der Waals surface area (Å²) >= 11 is 0. The van der Waals surface area contributed by atoms with Crippen LogP contribution in [0.15, 0.2) is 60.8 Å². The number of aromatic nitrogens is 1. The van der Waals surface area contributed by atoms with Gasteiger partial charge in [0.1, 0.15) is 35.8 Å². The van der Waals surface area contributed by atoms with Crippen LogP contribution >= 0.6 is 0 Å². The molecule has 47 heavy (non-hydrogen) atoms. The SMILES string of the molecule is COc1cc(C2Oc3c(ccc4c3C3(CCC(Cc5ccc(N)nc5)C3)Cc3cc(O)cc(OCO)c3-4)C2COC(C)=O)ccc1O. The van der Waals surface area contributed by atoms with E-state index in [4.69, 9.17) is 24.7 Å². The first-order chi connectivity index (χ1) is 22.7. The molecule has 7 rings (SSSR count). The van der Waals surface area contributed by atoms with E-state index in [1.165, 1.54) is 20.1 Å². The molecule has 4 aromatic rings. The van der Waals surface area contributed by atoms with E-state index in [0.717, 1.165) is 70.4 Å². The van der Waals surface area contributed by atoms with Crippen molar-refractivity contribution in [2.45, 2.75) is 56.5 Å². The van der Waals surface area contributed by atoms with Crippen molar-refractivity contribution < 1.29 is 39.1 Å². The van der Waals surface area contributed by atoms with Crippen LogP contribution in [0.2, 0.25) is 0 Å². The second kappa shape index (κ2) is 12.0. The Labute approximate surface area is 272 Å². The molecule has 0 bridgehead atoms. The zero-order valence-corrected chi connectivity index (χ0v) is 26.4. The minimum atomic E-state index is -0.537. The van der Waals surface area contributed by atoms with Crippen molar-refractivity contribution in [2.75, 3.05) is 26.2 Å². The molecule has 0 amide bonds. The van der Waals surface area contributed by atoms with Gasteiger partial charge in [0.15, 0.2) is 18.3 Å². The number of hydrogen-bond acceptors (Lipinski definition) is 10. The predicted octanol–water partition coefficient (Wildman–Crippen LogP) is 5.70. The average molecular weight is 639 g/mol. The van der Waals surface area contributed by atoms with Gasteiger partial charge in [-0.15, -0.1) is 0 Å². The quantitative estimate of drug-likeness (QED) is 0.140. The molecule has 10 nitrogen and oxygen atoms in total. The Hall–Kier alpha value is -4.96. The molecule has 1 aliphatic heterocycles. The number of anilines is 1. The summed E-state index contributed by atoms with van der Waals surface area (Å²) in [4.78, 5) is 16.3. The normalized spacial score (nSPS) is 22.2. The van der Waals surface area contributed by atoms with Crippen molar-refractivity contribution in [3.05, 3.63) is 88.6 Å². The molecule has 1 spiro atoms. The summed E-state index contributed by atoms with van der Waals surface area (Å²) in [6.45, 7) is 0.963. The smallest absolute Gasteiger partial charge is 0.302 e. The van der Waals surface area contributed by atoms with E-state index in [0.29, 0.717) is 29.7 Å². The first-order valence-corrected chi connectivity index (χ1v) is 15.8. The summed E-state index contributed by atoms with van der Waals surface area (Å²) in [6, 6.07) is 16.4. The molecule has 4 unspecified atom stereocenters. The van der Waals surface area contributed by atoms with E-state index < -0.39 is 12.9 Å². The van der Waals surface area contributed by atoms with E-state index in [1.54, 1.807) is 24.3 Å². The molecule has 1 aromatic heterocycles. The maximum absolute atomic E-state index is 12.0. The average Bonchev–Trinajstić information content (AvgIpc) is 3.62. The Balaban J connectivity index is 1.38. The van der Waals surface area contributed by atoms with E-state index in [9.17, 15) is 20.1 Å². The van der Waals surface area contributed by atoms with Crippen LogP contribution in [0.5, 0.6) is 28.7 Å². The van der Waals surface area contributed by atoms with Gasteiger partial charge in [0.2, 0.25) is 0 Å². The third-order valence-corrected chi connectivity index (χ3v) is 10.00. The number of benzene rings is 3. The molecular formula is C37H38N2O8. The summed E-state index contributed by atoms with van der Waals surface area (Å²) in [6.07, 6.45) is 5.58. The lowest BCUT2D eigenvalue weighted by Crippen LogP contribution is -2.31. The number of phenolic OH excluding ortho intramolecular Hbond substituents is 2. The van der Waals surface area contributed by atoms with Crippen LogP contribution in [0.4, 0.5) is 5.82 Å². The maximum atomic E-state index is 12.0. The number of esters is 1. The summed E-state index contributed by atoms with van der Waals surface area (Å²) in [7, 11) is 1.50. The van der Waals surface area contributed by atoms with E-state index >= 15 is 0 Å². The summed E-state index contributed by atoms with van der Waals surface area (Å²) < 4.78 is 23.7. The number of methoxy groups -OCH3 is 1. The topological polar surface area (TPSA) is 154 Å². The molecule has 3 aromatic carbocycles. The van der Waals surface area contributed by atoms with Gasteiger partial charge in [-0.3, -0.25) is 4.79 Å². The molecule has 2 heterocycles. The van der Waals surface area contributed by atoms with Gasteiger partial charge in [0.05, 0.1) is 13.0 Å². The van der Waals surface area contributed by atoms with Gasteiger partial charge >= 0.3 is 5.97 Å². The standard InChI is InChI=1S/C37H38N2O8/c1-20(41)45-18-28-26-5-6-27-33-24(12-25(42)14-31(33)46-19-40)16-37(10-9-21(15-37)11-22-3-8-32(38)39-17-22)34(27)36(26)47-35(28)23-4-7-29(43)30(13-23)44-2/h3-8,12-14,17,21,28,35,40,42-43H,9-11,15-16,18-19H2,1-2H3,(H2,38,39). The fourth-order valence-corrected chi connectivity index (χ4v) is 8.11. The Morgan fingerprint density at radius 2 is 1.96 bits per heavy atom. The number of aliphatic hydroxyl groups excluding tert-OH is 1. The molecule has 4 atom stereocenters. The van der Waals surface area contributed by atoms with Crippen LogP contribution in [0.3, 0.4) is 0 Å². The highest BCUT2D eigenvalue weighted by atomic mass is 16.6. The lowest BCUT2D eigenvalue weighted by Gasteiger charge is -2.39. The van der Waals surface area contributed by atoms with Crippen LogP contribution < -0.4 is 19.9 Å². The van der Waals surface area contributed by atoms with Crippen molar-refractivity contribution in [3.63, 3.8) is 0 Å². The molecule has 2 aliphatic carbocycles. The number of pyridine rings is 1. The van der Waals surface area contributed by atoms with E-state index in [1.807, 2.05) is 24.4 Å². The van der Waals surface area contributed by atoms with Crippen LogP contribution in [-0.2, 0) is 27.8 Å². The molecule has 3 aliphatic rings. The van der Waals surface area contributed by atoms with Gasteiger partial charge in [0, 0.05) is 41.3 Å². The molecule has 10 heteroatoms. The maximum Gasteiger partial charge on any atom is 0.302 e. The molecule has 5 N–H and O–H groups in total. The number of nitrogens with two attached hydrogens (primary N) is 1. The van der Waals surface area contributed by atoms with Crippen molar-refractivity contribution in [1.29, 1.82) is 0 Å². The number of nitrogens with zero attached hydrogens (tertiary/aromatic N) is 1. The molecule has 0 radical (unpaired) electrons. The number of fused-ring (bicyclic) bond motifs is 6. The van der Waals surface area contributed by atoms with Crippen molar-refractivity contribution in [3.8, 4) is 39.9 Å². The third kappa shape index (κ3) is 5.46. The van der Waals surface area contributed by atoms with Gasteiger partial charge in [-0.25, -0.2) is 4.98 Å². The highest BCUT2D eigenvalue weighted by molar-refractivity contribution is 5.84. The highest BCUT2D eigenvalue weighted by Gasteiger charge is 2.50. The Bertz CT molecular complexity index is 1840. The number of carbonyl (C=O) groups is 1. The number of aliphatic hydroxyl groups is 1. The molecular weight excluding hydrogens is 600 g/mol. The largest absolute Gasteiger partial charge is 0.508 e. The fourth-order valence-electron chi connectivity index (χ4n) is 8.11. The third-order valence-electron chi connectivity index (χ3n) is 10.00. The Morgan fingerprint density at radius 3 is 2.70 bits per heavy atom. The molecule has 244 valence electrons. The molecule has 0 saturated heterocycles. The highest BCUT2D eigenvalue weighted by Crippen LogP contribution is 2.62. The number of carbonyl (C=O) groups excluding carboxylic acids is 1. The fraction of sp³-hybridized carbons (Fsp3) is 0.351. The molecule has 1 saturated carbocycles. The monoisotopic (exact) mass is 638 g/mol. The van der Waals surface area contributed by atoms with Crippen molar-refractivity contribution in [2.24, 2.45) is 5.92 Å². The number of aromatic hydroxyl groups is 2. The number of rotatable bonds is 8. The lowest BCUT2D eigenvalue weighted by molar-refractivity contribution is -0.141. The Morgan fingerprint density at radius 1 is 1.11 bits per heavy atom. The van der Waals surface area contributed by atoms with Gasteiger partial charge in [0.25, 0.3) is 0 Å². The Kier molecular flexibility index (Phi) is 7.83. The van der Waals surface area contributed by atoms with Crippen molar-refractivity contribution in [1.82, 2.24) is 4.98 Å². The second-order valence-corrected chi connectivity index (χ2v) is 12.9. The van der Waals surface area contributed by atoms with Crippen LogP contribution in [-0.4, -0.2) is 46.8 Å². The number of phenols is 2. The first-order valence-electron chi connectivity index (χ1n) is 15.8. The summed E-state index contributed by atoms with van der Waals surface area (Å²) in [5.74, 6) is 1.72. The van der Waals surface area contributed by atoms with Gasteiger partial charge in [-0.05, 0) is 84.5 Å².